The first-order valence-corrected chi connectivity index (χ1v) is 9.00. The van der Waals surface area contributed by atoms with Crippen LogP contribution < -0.4 is 10.3 Å². The first-order chi connectivity index (χ1) is 12.7. The summed E-state index contributed by atoms with van der Waals surface area (Å²) in [5.74, 6) is 1.68. The van der Waals surface area contributed by atoms with E-state index in [1.807, 2.05) is 16.8 Å². The Kier molecular flexibility index (Phi) is 4.46. The van der Waals surface area contributed by atoms with Gasteiger partial charge in [-0.3, -0.25) is 14.3 Å². The Bertz CT molecular complexity index is 974. The number of hydrogen-bond donors (Lipinski definition) is 0. The van der Waals surface area contributed by atoms with E-state index in [0.29, 0.717) is 24.1 Å². The average molecular weight is 353 g/mol. The maximum absolute atomic E-state index is 12.8. The van der Waals surface area contributed by atoms with Crippen molar-refractivity contribution in [2.45, 2.75) is 39.5 Å². The zero-order chi connectivity index (χ0) is 18.1. The second kappa shape index (κ2) is 6.92. The molecule has 0 fully saturated rings. The van der Waals surface area contributed by atoms with Gasteiger partial charge >= 0.3 is 0 Å². The van der Waals surface area contributed by atoms with E-state index in [2.05, 4.69) is 29.1 Å². The van der Waals surface area contributed by atoms with Gasteiger partial charge in [0.15, 0.2) is 5.65 Å². The number of aromatic nitrogens is 4. The molecular weight excluding hydrogens is 330 g/mol. The highest BCUT2D eigenvalue weighted by atomic mass is 16.5. The zero-order valence-corrected chi connectivity index (χ0v) is 15.2. The van der Waals surface area contributed by atoms with E-state index in [-0.39, 0.29) is 5.56 Å². The van der Waals surface area contributed by atoms with Crippen LogP contribution in [0.1, 0.15) is 24.7 Å². The van der Waals surface area contributed by atoms with Gasteiger partial charge in [0.25, 0.3) is 5.56 Å². The van der Waals surface area contributed by atoms with Crippen molar-refractivity contribution in [3.63, 3.8) is 0 Å². The molecule has 0 saturated carbocycles. The molecule has 0 bridgehead atoms. The van der Waals surface area contributed by atoms with Gasteiger partial charge in [0, 0.05) is 26.2 Å². The second-order valence-corrected chi connectivity index (χ2v) is 6.65. The van der Waals surface area contributed by atoms with Crippen LogP contribution >= 0.6 is 0 Å². The Hall–Kier alpha value is -2.67. The average Bonchev–Trinajstić information content (AvgIpc) is 3.06. The van der Waals surface area contributed by atoms with E-state index in [4.69, 9.17) is 9.72 Å². The fourth-order valence-electron chi connectivity index (χ4n) is 3.46. The van der Waals surface area contributed by atoms with Crippen LogP contribution in [0, 0.1) is 0 Å². The lowest BCUT2D eigenvalue weighted by atomic mass is 10.2. The fraction of sp³-hybridized carbons (Fsp3) is 0.421. The summed E-state index contributed by atoms with van der Waals surface area (Å²) in [4.78, 5) is 19.9. The molecule has 7 nitrogen and oxygen atoms in total. The number of aryl methyl sites for hydroxylation is 1. The largest absolute Gasteiger partial charge is 0.497 e. The molecule has 0 saturated heterocycles. The van der Waals surface area contributed by atoms with E-state index < -0.39 is 0 Å². The molecule has 4 rings (SSSR count). The quantitative estimate of drug-likeness (QED) is 0.702. The SMILES string of the molecule is CCCn1ncc2c(=O)n3c(nc21)CN(Cc1ccc(OC)cc1)CC3. The molecule has 1 aliphatic heterocycles. The highest BCUT2D eigenvalue weighted by Gasteiger charge is 2.21. The molecule has 0 atom stereocenters. The van der Waals surface area contributed by atoms with Crippen molar-refractivity contribution in [1.82, 2.24) is 24.2 Å². The molecule has 3 aromatic rings. The maximum atomic E-state index is 12.8. The Morgan fingerprint density at radius 2 is 2.00 bits per heavy atom. The molecule has 0 radical (unpaired) electrons. The summed E-state index contributed by atoms with van der Waals surface area (Å²) in [6.45, 7) is 5.84. The molecule has 0 spiro atoms. The van der Waals surface area contributed by atoms with Gasteiger partial charge < -0.3 is 4.74 Å². The van der Waals surface area contributed by atoms with Gasteiger partial charge in [-0.1, -0.05) is 19.1 Å². The molecule has 1 aliphatic rings. The topological polar surface area (TPSA) is 65.2 Å². The fourth-order valence-corrected chi connectivity index (χ4v) is 3.46. The molecule has 136 valence electrons. The van der Waals surface area contributed by atoms with Crippen LogP contribution in [0.5, 0.6) is 5.75 Å². The highest BCUT2D eigenvalue weighted by molar-refractivity contribution is 5.73. The highest BCUT2D eigenvalue weighted by Crippen LogP contribution is 2.17. The smallest absolute Gasteiger partial charge is 0.264 e. The molecule has 0 N–H and O–H groups in total. The molecular formula is C19H23N5O2. The minimum Gasteiger partial charge on any atom is -0.497 e. The van der Waals surface area contributed by atoms with Crippen molar-refractivity contribution in [3.8, 4) is 5.75 Å². The third-order valence-electron chi connectivity index (χ3n) is 4.84. The van der Waals surface area contributed by atoms with Gasteiger partial charge in [0.2, 0.25) is 0 Å². The number of hydrogen-bond acceptors (Lipinski definition) is 5. The van der Waals surface area contributed by atoms with Gasteiger partial charge in [-0.2, -0.15) is 5.10 Å². The summed E-state index contributed by atoms with van der Waals surface area (Å²) in [6.07, 6.45) is 2.61. The van der Waals surface area contributed by atoms with Crippen molar-refractivity contribution in [1.29, 1.82) is 0 Å². The molecule has 0 amide bonds. The predicted molar refractivity (Wildman–Crippen MR) is 99.2 cm³/mol. The summed E-state index contributed by atoms with van der Waals surface area (Å²) in [6, 6.07) is 8.10. The van der Waals surface area contributed by atoms with E-state index in [1.54, 1.807) is 17.9 Å². The van der Waals surface area contributed by atoms with Crippen LogP contribution in [0.25, 0.3) is 11.0 Å². The van der Waals surface area contributed by atoms with Crippen molar-refractivity contribution in [2.24, 2.45) is 0 Å². The standard InChI is InChI=1S/C19H23N5O2/c1-3-8-24-18-16(11-20-24)19(25)23-10-9-22(13-17(23)21-18)12-14-4-6-15(26-2)7-5-14/h4-7,11H,3,8-10,12-13H2,1-2H3. The molecule has 0 aliphatic carbocycles. The number of methoxy groups -OCH3 is 1. The van der Waals surface area contributed by atoms with E-state index in [0.717, 1.165) is 37.6 Å². The summed E-state index contributed by atoms with van der Waals surface area (Å²) in [7, 11) is 1.67. The normalized spacial score (nSPS) is 14.5. The number of rotatable bonds is 5. The predicted octanol–water partition coefficient (Wildman–Crippen LogP) is 2.03. The first kappa shape index (κ1) is 16.8. The minimum atomic E-state index is 0.0245. The lowest BCUT2D eigenvalue weighted by molar-refractivity contribution is 0.204. The van der Waals surface area contributed by atoms with Crippen LogP contribution in [0.3, 0.4) is 0 Å². The lowest BCUT2D eigenvalue weighted by Crippen LogP contribution is -2.39. The number of ether oxygens (including phenoxy) is 1. The molecule has 3 heterocycles. The number of nitrogens with zero attached hydrogens (tertiary/aromatic N) is 5. The summed E-state index contributed by atoms with van der Waals surface area (Å²) in [5, 5.41) is 4.95. The van der Waals surface area contributed by atoms with Crippen LogP contribution in [-0.2, 0) is 26.2 Å². The van der Waals surface area contributed by atoms with E-state index in [1.165, 1.54) is 5.56 Å². The Balaban J connectivity index is 1.60. The Labute approximate surface area is 151 Å². The van der Waals surface area contributed by atoms with Crippen LogP contribution in [0.2, 0.25) is 0 Å². The summed E-state index contributed by atoms with van der Waals surface area (Å²) in [5.41, 5.74) is 1.95. The number of benzene rings is 1. The van der Waals surface area contributed by atoms with Crippen LogP contribution in [-0.4, -0.2) is 37.9 Å². The van der Waals surface area contributed by atoms with Gasteiger partial charge in [-0.15, -0.1) is 0 Å². The van der Waals surface area contributed by atoms with Crippen molar-refractivity contribution in [2.75, 3.05) is 13.7 Å². The molecule has 7 heteroatoms. The van der Waals surface area contributed by atoms with Gasteiger partial charge in [-0.25, -0.2) is 9.67 Å². The van der Waals surface area contributed by atoms with Crippen molar-refractivity contribution in [3.05, 3.63) is 52.2 Å². The third-order valence-corrected chi connectivity index (χ3v) is 4.84. The van der Waals surface area contributed by atoms with Crippen molar-refractivity contribution >= 4 is 11.0 Å². The summed E-state index contributed by atoms with van der Waals surface area (Å²) >= 11 is 0. The summed E-state index contributed by atoms with van der Waals surface area (Å²) < 4.78 is 8.84. The van der Waals surface area contributed by atoms with Crippen LogP contribution in [0.15, 0.2) is 35.3 Å². The molecule has 1 aromatic carbocycles. The third kappa shape index (κ3) is 2.99. The Morgan fingerprint density at radius 3 is 2.73 bits per heavy atom. The van der Waals surface area contributed by atoms with Gasteiger partial charge in [-0.05, 0) is 24.1 Å². The van der Waals surface area contributed by atoms with Crippen molar-refractivity contribution < 1.29 is 4.74 Å². The lowest BCUT2D eigenvalue weighted by Gasteiger charge is -2.29. The van der Waals surface area contributed by atoms with Crippen LogP contribution in [0.4, 0.5) is 0 Å². The van der Waals surface area contributed by atoms with Gasteiger partial charge in [0.05, 0.1) is 19.9 Å². The molecule has 0 unspecified atom stereocenters. The van der Waals surface area contributed by atoms with E-state index >= 15 is 0 Å². The Morgan fingerprint density at radius 1 is 1.19 bits per heavy atom. The van der Waals surface area contributed by atoms with Gasteiger partial charge in [0.1, 0.15) is 17.0 Å². The zero-order valence-electron chi connectivity index (χ0n) is 15.2. The molecule has 26 heavy (non-hydrogen) atoms. The molecule has 2 aromatic heterocycles. The second-order valence-electron chi connectivity index (χ2n) is 6.65. The first-order valence-electron chi connectivity index (χ1n) is 9.00. The van der Waals surface area contributed by atoms with E-state index in [9.17, 15) is 4.79 Å². The minimum absolute atomic E-state index is 0.0245. The monoisotopic (exact) mass is 353 g/mol. The number of fused-ring (bicyclic) bond motifs is 2. The maximum Gasteiger partial charge on any atom is 0.264 e.